The largest absolute Gasteiger partial charge is 0.310 e. The van der Waals surface area contributed by atoms with E-state index in [1.807, 2.05) is 18.2 Å². The molecular weight excluding hydrogens is 298 g/mol. The van der Waals surface area contributed by atoms with E-state index in [2.05, 4.69) is 31.5 Å². The molecular formula is C11H10BrN5O. The Morgan fingerprint density at radius 1 is 1.44 bits per heavy atom. The average Bonchev–Trinajstić information content (AvgIpc) is 2.97. The molecule has 1 aliphatic rings. The molecule has 3 rings (SSSR count). The van der Waals surface area contributed by atoms with Crippen LogP contribution in [0.1, 0.15) is 5.56 Å². The van der Waals surface area contributed by atoms with Crippen molar-refractivity contribution in [1.82, 2.24) is 20.2 Å². The summed E-state index contributed by atoms with van der Waals surface area (Å²) in [6, 6.07) is 6.01. The van der Waals surface area contributed by atoms with Gasteiger partial charge in [0.1, 0.15) is 12.9 Å². The first-order valence-electron chi connectivity index (χ1n) is 5.53. The summed E-state index contributed by atoms with van der Waals surface area (Å²) < 4.78 is 2.40. The predicted octanol–water partition coefficient (Wildman–Crippen LogP) is 1.02. The normalized spacial score (nSPS) is 13.7. The van der Waals surface area contributed by atoms with Crippen LogP contribution in [-0.2, 0) is 17.8 Å². The van der Waals surface area contributed by atoms with Crippen molar-refractivity contribution >= 4 is 27.5 Å². The van der Waals surface area contributed by atoms with Crippen molar-refractivity contribution in [2.75, 3.05) is 11.4 Å². The molecule has 0 saturated carbocycles. The van der Waals surface area contributed by atoms with E-state index in [1.165, 1.54) is 16.6 Å². The van der Waals surface area contributed by atoms with Gasteiger partial charge in [0.05, 0.1) is 0 Å². The van der Waals surface area contributed by atoms with Crippen LogP contribution in [0.3, 0.4) is 0 Å². The van der Waals surface area contributed by atoms with E-state index >= 15 is 0 Å². The molecule has 1 aliphatic heterocycles. The Hall–Kier alpha value is -1.76. The lowest BCUT2D eigenvalue weighted by atomic mass is 10.2. The third-order valence-electron chi connectivity index (χ3n) is 2.93. The molecule has 18 heavy (non-hydrogen) atoms. The molecule has 0 atom stereocenters. The molecule has 0 aliphatic carbocycles. The number of carbonyl (C=O) groups is 1. The topological polar surface area (TPSA) is 63.9 Å². The summed E-state index contributed by atoms with van der Waals surface area (Å²) in [5.74, 6) is -0.000787. The van der Waals surface area contributed by atoms with Gasteiger partial charge in [-0.2, -0.15) is 0 Å². The van der Waals surface area contributed by atoms with Crippen molar-refractivity contribution in [3.05, 3.63) is 34.6 Å². The van der Waals surface area contributed by atoms with Crippen molar-refractivity contribution in [1.29, 1.82) is 0 Å². The molecule has 92 valence electrons. The van der Waals surface area contributed by atoms with Gasteiger partial charge in [0.25, 0.3) is 0 Å². The Kier molecular flexibility index (Phi) is 2.83. The smallest absolute Gasteiger partial charge is 0.248 e. The number of rotatable bonds is 2. The SMILES string of the molecule is O=C(Cn1cnnn1)N1CCc2ccc(Br)cc21. The summed E-state index contributed by atoms with van der Waals surface area (Å²) >= 11 is 3.43. The number of halogens is 1. The molecule has 2 heterocycles. The third kappa shape index (κ3) is 2.01. The molecule has 0 radical (unpaired) electrons. The molecule has 1 amide bonds. The summed E-state index contributed by atoms with van der Waals surface area (Å²) in [6.07, 6.45) is 2.33. The summed E-state index contributed by atoms with van der Waals surface area (Å²) in [4.78, 5) is 14.0. The number of hydrogen-bond donors (Lipinski definition) is 0. The number of nitrogens with zero attached hydrogens (tertiary/aromatic N) is 5. The Morgan fingerprint density at radius 3 is 3.11 bits per heavy atom. The summed E-state index contributed by atoms with van der Waals surface area (Å²) in [6.45, 7) is 0.881. The van der Waals surface area contributed by atoms with Gasteiger partial charge in [-0.05, 0) is 34.5 Å². The second-order valence-electron chi connectivity index (χ2n) is 4.08. The van der Waals surface area contributed by atoms with Gasteiger partial charge in [-0.25, -0.2) is 4.68 Å². The van der Waals surface area contributed by atoms with Crippen molar-refractivity contribution < 1.29 is 4.79 Å². The minimum absolute atomic E-state index is 0.000787. The van der Waals surface area contributed by atoms with Crippen molar-refractivity contribution in [3.8, 4) is 0 Å². The van der Waals surface area contributed by atoms with Gasteiger partial charge in [-0.15, -0.1) is 5.10 Å². The predicted molar refractivity (Wildman–Crippen MR) is 68.0 cm³/mol. The van der Waals surface area contributed by atoms with Crippen LogP contribution in [0.15, 0.2) is 29.0 Å². The van der Waals surface area contributed by atoms with Crippen molar-refractivity contribution in [3.63, 3.8) is 0 Å². The molecule has 1 aromatic carbocycles. The van der Waals surface area contributed by atoms with E-state index in [4.69, 9.17) is 0 Å². The second-order valence-corrected chi connectivity index (χ2v) is 4.99. The highest BCUT2D eigenvalue weighted by atomic mass is 79.9. The lowest BCUT2D eigenvalue weighted by molar-refractivity contribution is -0.119. The molecule has 7 heteroatoms. The zero-order chi connectivity index (χ0) is 12.5. The van der Waals surface area contributed by atoms with E-state index in [0.717, 1.165) is 16.6 Å². The first-order chi connectivity index (χ1) is 8.74. The van der Waals surface area contributed by atoms with Crippen LogP contribution in [-0.4, -0.2) is 32.7 Å². The van der Waals surface area contributed by atoms with Gasteiger partial charge in [0, 0.05) is 16.7 Å². The summed E-state index contributed by atoms with van der Waals surface area (Å²) in [5, 5.41) is 10.7. The van der Waals surface area contributed by atoms with Gasteiger partial charge in [0.2, 0.25) is 5.91 Å². The van der Waals surface area contributed by atoms with Crippen LogP contribution in [0.25, 0.3) is 0 Å². The standard InChI is InChI=1S/C11H10BrN5O/c12-9-2-1-8-3-4-17(10(8)5-9)11(18)6-16-7-13-14-15-16/h1-2,5,7H,3-4,6H2. The van der Waals surface area contributed by atoms with Crippen LogP contribution >= 0.6 is 15.9 Å². The van der Waals surface area contributed by atoms with E-state index in [-0.39, 0.29) is 12.5 Å². The lowest BCUT2D eigenvalue weighted by Crippen LogP contribution is -2.32. The summed E-state index contributed by atoms with van der Waals surface area (Å²) in [5.41, 5.74) is 2.17. The molecule has 0 saturated heterocycles. The van der Waals surface area contributed by atoms with E-state index < -0.39 is 0 Å². The van der Waals surface area contributed by atoms with E-state index in [1.54, 1.807) is 4.90 Å². The number of carbonyl (C=O) groups excluding carboxylic acids is 1. The van der Waals surface area contributed by atoms with Crippen LogP contribution in [0, 0.1) is 0 Å². The molecule has 2 aromatic rings. The number of benzene rings is 1. The minimum Gasteiger partial charge on any atom is -0.310 e. The fraction of sp³-hybridized carbons (Fsp3) is 0.273. The maximum absolute atomic E-state index is 12.2. The maximum Gasteiger partial charge on any atom is 0.248 e. The number of amides is 1. The number of hydrogen-bond acceptors (Lipinski definition) is 4. The molecule has 6 nitrogen and oxygen atoms in total. The molecule has 0 spiro atoms. The van der Waals surface area contributed by atoms with Gasteiger partial charge < -0.3 is 4.90 Å². The fourth-order valence-corrected chi connectivity index (χ4v) is 2.44. The first kappa shape index (κ1) is 11.3. The Labute approximate surface area is 112 Å². The quantitative estimate of drug-likeness (QED) is 0.831. The van der Waals surface area contributed by atoms with Crippen LogP contribution in [0.5, 0.6) is 0 Å². The number of fused-ring (bicyclic) bond motifs is 1. The Morgan fingerprint density at radius 2 is 2.33 bits per heavy atom. The first-order valence-corrected chi connectivity index (χ1v) is 6.33. The highest BCUT2D eigenvalue weighted by Crippen LogP contribution is 2.30. The number of aromatic nitrogens is 4. The Balaban J connectivity index is 1.83. The lowest BCUT2D eigenvalue weighted by Gasteiger charge is -2.17. The van der Waals surface area contributed by atoms with Crippen molar-refractivity contribution in [2.24, 2.45) is 0 Å². The van der Waals surface area contributed by atoms with Gasteiger partial charge in [-0.3, -0.25) is 4.79 Å². The second kappa shape index (κ2) is 4.49. The van der Waals surface area contributed by atoms with Crippen LogP contribution in [0.4, 0.5) is 5.69 Å². The summed E-state index contributed by atoms with van der Waals surface area (Å²) in [7, 11) is 0. The molecule has 0 bridgehead atoms. The van der Waals surface area contributed by atoms with Crippen LogP contribution in [0.2, 0.25) is 0 Å². The van der Waals surface area contributed by atoms with E-state index in [0.29, 0.717) is 6.54 Å². The molecule has 1 aromatic heterocycles. The molecule has 0 fully saturated rings. The van der Waals surface area contributed by atoms with E-state index in [9.17, 15) is 4.79 Å². The third-order valence-corrected chi connectivity index (χ3v) is 3.43. The highest BCUT2D eigenvalue weighted by molar-refractivity contribution is 9.10. The number of tetrazole rings is 1. The minimum atomic E-state index is -0.000787. The number of anilines is 1. The monoisotopic (exact) mass is 307 g/mol. The van der Waals surface area contributed by atoms with Crippen molar-refractivity contribution in [2.45, 2.75) is 13.0 Å². The average molecular weight is 308 g/mol. The maximum atomic E-state index is 12.2. The van der Waals surface area contributed by atoms with Crippen LogP contribution < -0.4 is 4.90 Å². The zero-order valence-electron chi connectivity index (χ0n) is 9.45. The molecule has 0 unspecified atom stereocenters. The molecule has 0 N–H and O–H groups in total. The fourth-order valence-electron chi connectivity index (χ4n) is 2.09. The van der Waals surface area contributed by atoms with Gasteiger partial charge in [-0.1, -0.05) is 22.0 Å². The zero-order valence-corrected chi connectivity index (χ0v) is 11.0. The van der Waals surface area contributed by atoms with Gasteiger partial charge >= 0.3 is 0 Å². The highest BCUT2D eigenvalue weighted by Gasteiger charge is 2.24. The Bertz CT molecular complexity index is 583. The van der Waals surface area contributed by atoms with Gasteiger partial charge in [0.15, 0.2) is 0 Å².